The number of hydrogen-bond donors (Lipinski definition) is 3. The van der Waals surface area contributed by atoms with Crippen molar-refractivity contribution in [3.05, 3.63) is 95.3 Å². The zero-order chi connectivity index (χ0) is 18.4. The fraction of sp³-hybridized carbons (Fsp3) is 0.0500. The quantitative estimate of drug-likeness (QED) is 0.376. The zero-order valence-electron chi connectivity index (χ0n) is 14.0. The van der Waals surface area contributed by atoms with Crippen LogP contribution in [0.25, 0.3) is 0 Å². The molecule has 0 atom stereocenters. The Kier molecular flexibility index (Phi) is 5.36. The number of para-hydroxylation sites is 1. The van der Waals surface area contributed by atoms with Gasteiger partial charge in [-0.05, 0) is 47.9 Å². The number of pyridine rings is 1. The van der Waals surface area contributed by atoms with E-state index < -0.39 is 0 Å². The Morgan fingerprint density at radius 2 is 1.65 bits per heavy atom. The predicted molar refractivity (Wildman–Crippen MR) is 99.5 cm³/mol. The van der Waals surface area contributed by atoms with Crippen molar-refractivity contribution in [3.8, 4) is 0 Å². The van der Waals surface area contributed by atoms with Crippen LogP contribution in [0.1, 0.15) is 31.8 Å². The lowest BCUT2D eigenvalue weighted by Crippen LogP contribution is -2.29. The molecule has 0 fully saturated rings. The molecule has 6 heteroatoms. The largest absolute Gasteiger partial charge is 0.322 e. The van der Waals surface area contributed by atoms with E-state index >= 15 is 0 Å². The molecule has 0 saturated heterocycles. The Labute approximate surface area is 151 Å². The third kappa shape index (κ3) is 4.12. The van der Waals surface area contributed by atoms with Crippen molar-refractivity contribution < 1.29 is 9.59 Å². The van der Waals surface area contributed by atoms with Gasteiger partial charge in [-0.3, -0.25) is 20.0 Å². The third-order valence-electron chi connectivity index (χ3n) is 3.92. The zero-order valence-corrected chi connectivity index (χ0v) is 14.0. The van der Waals surface area contributed by atoms with E-state index in [0.29, 0.717) is 17.5 Å². The van der Waals surface area contributed by atoms with Gasteiger partial charge in [0.15, 0.2) is 0 Å². The van der Waals surface area contributed by atoms with Crippen LogP contribution in [-0.4, -0.2) is 16.8 Å². The number of nitrogen functional groups attached to an aromatic ring is 1. The monoisotopic (exact) mass is 346 g/mol. The number of aromatic nitrogens is 1. The van der Waals surface area contributed by atoms with Gasteiger partial charge < -0.3 is 5.32 Å². The average Bonchev–Trinajstić information content (AvgIpc) is 2.69. The van der Waals surface area contributed by atoms with E-state index in [0.717, 1.165) is 16.8 Å². The first-order valence-corrected chi connectivity index (χ1v) is 8.06. The van der Waals surface area contributed by atoms with Crippen molar-refractivity contribution in [3.63, 3.8) is 0 Å². The van der Waals surface area contributed by atoms with Gasteiger partial charge in [0.1, 0.15) is 0 Å². The molecule has 0 spiro atoms. The minimum absolute atomic E-state index is 0.187. The number of benzene rings is 2. The lowest BCUT2D eigenvalue weighted by molar-refractivity contribution is 0.0952. The van der Waals surface area contributed by atoms with Gasteiger partial charge in [0.25, 0.3) is 11.8 Å². The van der Waals surface area contributed by atoms with Crippen LogP contribution in [0.5, 0.6) is 0 Å². The molecule has 0 unspecified atom stereocenters. The van der Waals surface area contributed by atoms with Gasteiger partial charge in [-0.25, -0.2) is 5.84 Å². The maximum Gasteiger partial charge on any atom is 0.265 e. The number of anilines is 1. The number of carbonyl (C=O) groups excluding carboxylic acids is 2. The molecule has 2 aromatic carbocycles. The summed E-state index contributed by atoms with van der Waals surface area (Å²) in [5.74, 6) is 4.60. The van der Waals surface area contributed by atoms with E-state index in [-0.39, 0.29) is 11.8 Å². The van der Waals surface area contributed by atoms with Gasteiger partial charge in [0.2, 0.25) is 0 Å². The Balaban J connectivity index is 1.79. The summed E-state index contributed by atoms with van der Waals surface area (Å²) in [5.41, 5.74) is 5.63. The lowest BCUT2D eigenvalue weighted by Gasteiger charge is -2.10. The highest BCUT2D eigenvalue weighted by molar-refractivity contribution is 6.05. The van der Waals surface area contributed by atoms with E-state index in [9.17, 15) is 9.59 Å². The van der Waals surface area contributed by atoms with Crippen LogP contribution in [0.2, 0.25) is 0 Å². The maximum absolute atomic E-state index is 12.6. The summed E-state index contributed by atoms with van der Waals surface area (Å²) in [7, 11) is 0. The summed E-state index contributed by atoms with van der Waals surface area (Å²) in [6.07, 6.45) is 3.80. The summed E-state index contributed by atoms with van der Waals surface area (Å²) in [5, 5.41) is 2.88. The van der Waals surface area contributed by atoms with Crippen molar-refractivity contribution in [1.82, 2.24) is 10.4 Å². The number of nitrogens with one attached hydrogen (secondary N) is 2. The maximum atomic E-state index is 12.6. The summed E-state index contributed by atoms with van der Waals surface area (Å²) in [6, 6.07) is 18.0. The Morgan fingerprint density at radius 3 is 2.35 bits per heavy atom. The number of hydrazine groups is 1. The van der Waals surface area contributed by atoms with Gasteiger partial charge in [-0.1, -0.05) is 30.3 Å². The number of amides is 2. The molecule has 1 aromatic heterocycles. The Hall–Kier alpha value is -3.51. The predicted octanol–water partition coefficient (Wildman–Crippen LogP) is 2.53. The minimum atomic E-state index is -0.346. The van der Waals surface area contributed by atoms with Gasteiger partial charge in [0.05, 0.1) is 0 Å². The molecule has 26 heavy (non-hydrogen) atoms. The molecular formula is C20H18N4O2. The number of nitrogens with zero attached hydrogens (tertiary/aromatic N) is 1. The first-order valence-electron chi connectivity index (χ1n) is 8.06. The molecule has 0 saturated carbocycles. The number of carbonyl (C=O) groups is 2. The van der Waals surface area contributed by atoms with Crippen LogP contribution in [0, 0.1) is 0 Å². The standard InChI is InChI=1S/C20H18N4O2/c21-24-19(25)15-8-6-14(7-9-15)12-16-13-22-11-10-18(16)20(26)23-17-4-2-1-3-5-17/h1-11,13H,12,21H2,(H,23,26)(H,24,25). The molecule has 0 bridgehead atoms. The normalized spacial score (nSPS) is 10.2. The molecule has 0 aliphatic carbocycles. The molecule has 3 aromatic rings. The van der Waals surface area contributed by atoms with Crippen molar-refractivity contribution in [2.24, 2.45) is 5.84 Å². The summed E-state index contributed by atoms with van der Waals surface area (Å²) in [6.45, 7) is 0. The van der Waals surface area contributed by atoms with E-state index in [1.807, 2.05) is 42.5 Å². The molecular weight excluding hydrogens is 328 g/mol. The van der Waals surface area contributed by atoms with Crippen LogP contribution in [0.15, 0.2) is 73.1 Å². The molecule has 0 radical (unpaired) electrons. The van der Waals surface area contributed by atoms with Crippen LogP contribution >= 0.6 is 0 Å². The smallest absolute Gasteiger partial charge is 0.265 e. The molecule has 0 aliphatic rings. The second-order valence-electron chi connectivity index (χ2n) is 5.70. The van der Waals surface area contributed by atoms with Crippen molar-refractivity contribution in [2.45, 2.75) is 6.42 Å². The topological polar surface area (TPSA) is 97.1 Å². The second-order valence-corrected chi connectivity index (χ2v) is 5.70. The van der Waals surface area contributed by atoms with Crippen LogP contribution < -0.4 is 16.6 Å². The second kappa shape index (κ2) is 8.04. The number of rotatable bonds is 5. The highest BCUT2D eigenvalue weighted by atomic mass is 16.2. The Bertz CT molecular complexity index is 909. The van der Waals surface area contributed by atoms with Gasteiger partial charge >= 0.3 is 0 Å². The first kappa shape index (κ1) is 17.3. The van der Waals surface area contributed by atoms with Crippen molar-refractivity contribution in [2.75, 3.05) is 5.32 Å². The summed E-state index contributed by atoms with van der Waals surface area (Å²) in [4.78, 5) is 28.2. The third-order valence-corrected chi connectivity index (χ3v) is 3.92. The number of hydrogen-bond acceptors (Lipinski definition) is 4. The molecule has 1 heterocycles. The average molecular weight is 346 g/mol. The van der Waals surface area contributed by atoms with Crippen molar-refractivity contribution in [1.29, 1.82) is 0 Å². The fourth-order valence-corrected chi connectivity index (χ4v) is 2.59. The lowest BCUT2D eigenvalue weighted by atomic mass is 10.0. The van der Waals surface area contributed by atoms with Crippen molar-refractivity contribution >= 4 is 17.5 Å². The van der Waals surface area contributed by atoms with Gasteiger partial charge in [-0.15, -0.1) is 0 Å². The molecule has 3 rings (SSSR count). The highest BCUT2D eigenvalue weighted by Crippen LogP contribution is 2.16. The van der Waals surface area contributed by atoms with Crippen LogP contribution in [0.3, 0.4) is 0 Å². The SMILES string of the molecule is NNC(=O)c1ccc(Cc2cnccc2C(=O)Nc2ccccc2)cc1. The molecule has 2 amide bonds. The molecule has 130 valence electrons. The van der Waals surface area contributed by atoms with Crippen LogP contribution in [-0.2, 0) is 6.42 Å². The molecule has 6 nitrogen and oxygen atoms in total. The molecule has 4 N–H and O–H groups in total. The number of nitrogens with two attached hydrogens (primary N) is 1. The van der Waals surface area contributed by atoms with E-state index in [1.54, 1.807) is 30.6 Å². The van der Waals surface area contributed by atoms with Gasteiger partial charge in [0, 0.05) is 29.2 Å². The van der Waals surface area contributed by atoms with E-state index in [2.05, 4.69) is 15.7 Å². The fourth-order valence-electron chi connectivity index (χ4n) is 2.59. The highest BCUT2D eigenvalue weighted by Gasteiger charge is 2.12. The van der Waals surface area contributed by atoms with E-state index in [1.165, 1.54) is 0 Å². The first-order chi connectivity index (χ1) is 12.7. The molecule has 0 aliphatic heterocycles. The summed E-state index contributed by atoms with van der Waals surface area (Å²) >= 11 is 0. The van der Waals surface area contributed by atoms with E-state index in [4.69, 9.17) is 5.84 Å². The Morgan fingerprint density at radius 1 is 0.923 bits per heavy atom. The van der Waals surface area contributed by atoms with Gasteiger partial charge in [-0.2, -0.15) is 0 Å². The summed E-state index contributed by atoms with van der Waals surface area (Å²) < 4.78 is 0. The minimum Gasteiger partial charge on any atom is -0.322 e. The van der Waals surface area contributed by atoms with Crippen LogP contribution in [0.4, 0.5) is 5.69 Å².